The third-order valence-corrected chi connectivity index (χ3v) is 4.09. The number of likely N-dealkylation sites (tertiary alicyclic amines) is 1. The molecule has 112 valence electrons. The van der Waals surface area contributed by atoms with Crippen molar-refractivity contribution in [3.05, 3.63) is 11.6 Å². The van der Waals surface area contributed by atoms with Gasteiger partial charge in [0.1, 0.15) is 11.6 Å². The molecule has 1 aliphatic heterocycles. The Balaban J connectivity index is 1.95. The van der Waals surface area contributed by atoms with E-state index in [-0.39, 0.29) is 5.92 Å². The maximum atomic E-state index is 9.22. The van der Waals surface area contributed by atoms with Gasteiger partial charge in [-0.3, -0.25) is 4.90 Å². The number of rotatable bonds is 6. The predicted molar refractivity (Wildman–Crippen MR) is 78.0 cm³/mol. The fourth-order valence-corrected chi connectivity index (χ4v) is 2.99. The molecule has 21 heavy (non-hydrogen) atoms. The first kappa shape index (κ1) is 15.5. The monoisotopic (exact) mass is 286 g/mol. The summed E-state index contributed by atoms with van der Waals surface area (Å²) in [5.41, 5.74) is 0. The molecule has 6 heteroatoms. The Morgan fingerprint density at radius 2 is 2.19 bits per heavy atom. The molecule has 0 aliphatic carbocycles. The van der Waals surface area contributed by atoms with Gasteiger partial charge < -0.3 is 0 Å². The largest absolute Gasteiger partial charge is 0.297 e. The first-order valence-corrected chi connectivity index (χ1v) is 7.52. The van der Waals surface area contributed by atoms with Crippen LogP contribution in [0.5, 0.6) is 0 Å². The molecule has 1 aliphatic rings. The van der Waals surface area contributed by atoms with Crippen molar-refractivity contribution in [2.45, 2.75) is 52.1 Å². The van der Waals surface area contributed by atoms with Crippen LogP contribution in [-0.4, -0.2) is 38.8 Å². The van der Waals surface area contributed by atoms with Crippen molar-refractivity contribution in [1.29, 1.82) is 10.5 Å². The maximum absolute atomic E-state index is 9.22. The minimum atomic E-state index is -0.0520. The minimum absolute atomic E-state index is 0.0520. The number of hydrogen-bond donors (Lipinski definition) is 0. The first-order valence-electron chi connectivity index (χ1n) is 7.52. The van der Waals surface area contributed by atoms with Crippen molar-refractivity contribution >= 4 is 0 Å². The molecular weight excluding hydrogens is 264 g/mol. The van der Waals surface area contributed by atoms with Gasteiger partial charge in [0, 0.05) is 19.0 Å². The second-order valence-electron chi connectivity index (χ2n) is 5.70. The molecule has 6 nitrogen and oxygen atoms in total. The fraction of sp³-hybridized carbons (Fsp3) is 0.733. The molecule has 2 heterocycles. The maximum Gasteiger partial charge on any atom is 0.147 e. The predicted octanol–water partition coefficient (Wildman–Crippen LogP) is 1.80. The quantitative estimate of drug-likeness (QED) is 0.796. The Morgan fingerprint density at radius 1 is 1.38 bits per heavy atom. The standard InChI is InChI=1S/C15H22N6/c1-12-18-13(2)21(19-12)11-15-6-4-8-20(15)10-14(9-17)5-3-7-16/h14-15H,3-6,8,10-11H2,1-2H3/t14-,15+/m1/s1. The number of aromatic nitrogens is 3. The molecule has 0 amide bonds. The van der Waals surface area contributed by atoms with Gasteiger partial charge in [0.05, 0.1) is 24.6 Å². The van der Waals surface area contributed by atoms with Crippen LogP contribution in [-0.2, 0) is 6.54 Å². The smallest absolute Gasteiger partial charge is 0.147 e. The van der Waals surface area contributed by atoms with Crippen LogP contribution in [0, 0.1) is 42.4 Å². The van der Waals surface area contributed by atoms with Gasteiger partial charge in [-0.15, -0.1) is 0 Å². The lowest BCUT2D eigenvalue weighted by Gasteiger charge is -2.26. The van der Waals surface area contributed by atoms with E-state index in [9.17, 15) is 5.26 Å². The average molecular weight is 286 g/mol. The van der Waals surface area contributed by atoms with Crippen molar-refractivity contribution in [3.63, 3.8) is 0 Å². The molecule has 1 aromatic heterocycles. The van der Waals surface area contributed by atoms with Crippen molar-refractivity contribution < 1.29 is 0 Å². The molecule has 0 bridgehead atoms. The van der Waals surface area contributed by atoms with E-state index in [1.54, 1.807) is 0 Å². The van der Waals surface area contributed by atoms with E-state index in [0.717, 1.165) is 44.1 Å². The van der Waals surface area contributed by atoms with E-state index in [0.29, 0.717) is 18.9 Å². The summed E-state index contributed by atoms with van der Waals surface area (Å²) < 4.78 is 1.97. The van der Waals surface area contributed by atoms with E-state index in [1.165, 1.54) is 0 Å². The van der Waals surface area contributed by atoms with Crippen LogP contribution in [0.3, 0.4) is 0 Å². The molecule has 1 saturated heterocycles. The molecule has 2 atom stereocenters. The zero-order chi connectivity index (χ0) is 15.2. The molecule has 0 unspecified atom stereocenters. The normalized spacial score (nSPS) is 20.1. The summed E-state index contributed by atoms with van der Waals surface area (Å²) in [7, 11) is 0. The summed E-state index contributed by atoms with van der Waals surface area (Å²) in [6.45, 7) is 6.51. The lowest BCUT2D eigenvalue weighted by Crippen LogP contribution is -2.37. The van der Waals surface area contributed by atoms with Crippen LogP contribution in [0.1, 0.15) is 37.3 Å². The van der Waals surface area contributed by atoms with Gasteiger partial charge in [0.25, 0.3) is 0 Å². The van der Waals surface area contributed by atoms with Gasteiger partial charge >= 0.3 is 0 Å². The van der Waals surface area contributed by atoms with Crippen LogP contribution in [0.15, 0.2) is 0 Å². The molecule has 2 rings (SSSR count). The van der Waals surface area contributed by atoms with Crippen molar-refractivity contribution in [2.75, 3.05) is 13.1 Å². The van der Waals surface area contributed by atoms with Crippen molar-refractivity contribution in [2.24, 2.45) is 5.92 Å². The van der Waals surface area contributed by atoms with Crippen LogP contribution >= 0.6 is 0 Å². The lowest BCUT2D eigenvalue weighted by molar-refractivity contribution is 0.205. The molecule has 1 fully saturated rings. The fourth-order valence-electron chi connectivity index (χ4n) is 2.99. The van der Waals surface area contributed by atoms with Gasteiger partial charge in [-0.05, 0) is 39.7 Å². The molecule has 0 spiro atoms. The summed E-state index contributed by atoms with van der Waals surface area (Å²) >= 11 is 0. The van der Waals surface area contributed by atoms with Gasteiger partial charge in [-0.1, -0.05) is 0 Å². The summed E-state index contributed by atoms with van der Waals surface area (Å²) in [6.07, 6.45) is 3.42. The number of nitrogens with zero attached hydrogens (tertiary/aromatic N) is 6. The lowest BCUT2D eigenvalue weighted by atomic mass is 10.0. The Labute approximate surface area is 126 Å². The van der Waals surface area contributed by atoms with E-state index in [4.69, 9.17) is 5.26 Å². The van der Waals surface area contributed by atoms with Crippen LogP contribution in [0.4, 0.5) is 0 Å². The Kier molecular flexibility index (Phi) is 5.30. The van der Waals surface area contributed by atoms with Crippen LogP contribution in [0.25, 0.3) is 0 Å². The molecule has 0 aromatic carbocycles. The topological polar surface area (TPSA) is 81.5 Å². The first-order chi connectivity index (χ1) is 10.1. The average Bonchev–Trinajstić information content (AvgIpc) is 3.02. The van der Waals surface area contributed by atoms with E-state index in [2.05, 4.69) is 27.1 Å². The zero-order valence-electron chi connectivity index (χ0n) is 12.8. The summed E-state index contributed by atoms with van der Waals surface area (Å²) in [5, 5.41) is 22.3. The van der Waals surface area contributed by atoms with Crippen LogP contribution in [0.2, 0.25) is 0 Å². The highest BCUT2D eigenvalue weighted by molar-refractivity contribution is 4.93. The highest BCUT2D eigenvalue weighted by Gasteiger charge is 2.27. The second-order valence-corrected chi connectivity index (χ2v) is 5.70. The third-order valence-electron chi connectivity index (χ3n) is 4.09. The number of aryl methyl sites for hydroxylation is 2. The Bertz CT molecular complexity index is 549. The molecule has 0 saturated carbocycles. The summed E-state index contributed by atoms with van der Waals surface area (Å²) in [6, 6.07) is 4.88. The Hall–Kier alpha value is -1.92. The van der Waals surface area contributed by atoms with Crippen molar-refractivity contribution in [3.8, 4) is 12.1 Å². The zero-order valence-corrected chi connectivity index (χ0v) is 12.8. The highest BCUT2D eigenvalue weighted by Crippen LogP contribution is 2.21. The Morgan fingerprint density at radius 3 is 2.81 bits per heavy atom. The van der Waals surface area contributed by atoms with Crippen molar-refractivity contribution in [1.82, 2.24) is 19.7 Å². The number of hydrogen-bond acceptors (Lipinski definition) is 5. The van der Waals surface area contributed by atoms with E-state index < -0.39 is 0 Å². The second kappa shape index (κ2) is 7.19. The van der Waals surface area contributed by atoms with E-state index >= 15 is 0 Å². The van der Waals surface area contributed by atoms with Gasteiger partial charge in [-0.25, -0.2) is 9.67 Å². The minimum Gasteiger partial charge on any atom is -0.297 e. The van der Waals surface area contributed by atoms with Gasteiger partial charge in [-0.2, -0.15) is 15.6 Å². The molecular formula is C15H22N6. The highest BCUT2D eigenvalue weighted by atomic mass is 15.4. The van der Waals surface area contributed by atoms with Gasteiger partial charge in [0.2, 0.25) is 0 Å². The van der Waals surface area contributed by atoms with Gasteiger partial charge in [0.15, 0.2) is 0 Å². The SMILES string of the molecule is Cc1nc(C)n(C[C@@H]2CCCN2C[C@@H](C#N)CCC#N)n1. The molecule has 0 radical (unpaired) electrons. The molecule has 1 aromatic rings. The van der Waals surface area contributed by atoms with Crippen LogP contribution < -0.4 is 0 Å². The summed E-state index contributed by atoms with van der Waals surface area (Å²) in [5.74, 6) is 1.70. The number of nitriles is 2. The van der Waals surface area contributed by atoms with E-state index in [1.807, 2.05) is 18.5 Å². The summed E-state index contributed by atoms with van der Waals surface area (Å²) in [4.78, 5) is 6.72. The molecule has 0 N–H and O–H groups in total. The third kappa shape index (κ3) is 4.03.